The number of methoxy groups -OCH3 is 1. The Balaban J connectivity index is 1.06. The van der Waals surface area contributed by atoms with Crippen molar-refractivity contribution >= 4 is 23.7 Å². The fourth-order valence-corrected chi connectivity index (χ4v) is 8.83. The predicted molar refractivity (Wildman–Crippen MR) is 275 cm³/mol. The van der Waals surface area contributed by atoms with Crippen LogP contribution in [0.1, 0.15) is 114 Å². The molecule has 1 atom stereocenters. The third kappa shape index (κ3) is 19.8. The van der Waals surface area contributed by atoms with E-state index in [-0.39, 0.29) is 36.7 Å². The standard InChI is InChI=1S/C54H78FN9O8/c1-54(2,72-49-32-39(16-20-45(49)47-34-43(70-4)19-21-48(47)55)37-71-44-14-11-12-41(33-44)46(35-53(68)69)40-17-18-40)38-63-36-42(61-62-63)13-9-7-5-6-8-10-15-50(65)60-28-31-64(3,29-22-51(66)58-26-24-56)30-23-52(67)59-27-25-57/h11-12,14,16,19-21,32-34,36,40,46H,5-10,13,15,17-18,22-31,35,37-38,56-57H2,1-4H3,(H3-,58,59,60,65,66,67,68,69)/p+1/t46-/m0/s1. The number of quaternary nitrogens is 1. The monoisotopic (exact) mass is 1000 g/mol. The van der Waals surface area contributed by atoms with Crippen molar-refractivity contribution in [2.75, 3.05) is 66.5 Å². The maximum Gasteiger partial charge on any atom is 0.303 e. The normalized spacial score (nSPS) is 13.0. The van der Waals surface area contributed by atoms with Crippen molar-refractivity contribution < 1.29 is 47.4 Å². The van der Waals surface area contributed by atoms with Gasteiger partial charge in [-0.2, -0.15) is 0 Å². The smallest absolute Gasteiger partial charge is 0.303 e. The van der Waals surface area contributed by atoms with Crippen LogP contribution in [-0.2, 0) is 38.8 Å². The van der Waals surface area contributed by atoms with Crippen LogP contribution in [0.3, 0.4) is 0 Å². The molecule has 1 saturated carbocycles. The number of carboxylic acids is 1. The molecule has 1 aliphatic rings. The zero-order valence-corrected chi connectivity index (χ0v) is 42.9. The number of hydrogen-bond donors (Lipinski definition) is 6. The van der Waals surface area contributed by atoms with E-state index in [1.807, 2.05) is 69.6 Å². The average molecular weight is 1000 g/mol. The molecule has 18 heteroatoms. The second kappa shape index (κ2) is 28.8. The van der Waals surface area contributed by atoms with Gasteiger partial charge in [-0.15, -0.1) is 5.10 Å². The first-order valence-corrected chi connectivity index (χ1v) is 25.6. The number of nitrogens with zero attached hydrogens (tertiary/aromatic N) is 4. The summed E-state index contributed by atoms with van der Waals surface area (Å²) >= 11 is 0. The SMILES string of the molecule is COc1ccc(F)c(-c2ccc(COc3cccc([C@@H](CC(=O)O)C4CC4)c3)cc2OC(C)(C)Cn2cc(CCCCCCCCC(=O)NCC[N+](C)(CCC(=O)NCCN)CCC(=O)NCCN)nn2)c1. The number of benzene rings is 3. The molecular formula is C54H79FN9O8+. The first kappa shape index (κ1) is 56.8. The molecule has 72 heavy (non-hydrogen) atoms. The van der Waals surface area contributed by atoms with Crippen molar-refractivity contribution in [2.24, 2.45) is 17.4 Å². The molecule has 0 aliphatic heterocycles. The number of unbranched alkanes of at least 4 members (excludes halogenated alkanes) is 5. The molecule has 0 radical (unpaired) electrons. The van der Waals surface area contributed by atoms with Gasteiger partial charge in [0.2, 0.25) is 17.7 Å². The molecule has 3 aromatic carbocycles. The Morgan fingerprint density at radius 2 is 1.49 bits per heavy atom. The van der Waals surface area contributed by atoms with E-state index >= 15 is 4.39 Å². The van der Waals surface area contributed by atoms with Crippen LogP contribution < -0.4 is 41.6 Å². The van der Waals surface area contributed by atoms with Crippen molar-refractivity contribution in [3.05, 3.63) is 89.5 Å². The number of likely N-dealkylation sites (N-methyl/N-ethyl adjacent to an activating group) is 1. The molecule has 1 aromatic heterocycles. The van der Waals surface area contributed by atoms with E-state index in [9.17, 15) is 24.3 Å². The van der Waals surface area contributed by atoms with Gasteiger partial charge in [0, 0.05) is 49.9 Å². The highest BCUT2D eigenvalue weighted by Gasteiger charge is 2.34. The highest BCUT2D eigenvalue weighted by molar-refractivity contribution is 5.77. The zero-order chi connectivity index (χ0) is 51.9. The van der Waals surface area contributed by atoms with E-state index in [1.54, 1.807) is 16.8 Å². The number of nitrogens with two attached hydrogens (primary N) is 2. The van der Waals surface area contributed by atoms with Crippen molar-refractivity contribution in [1.82, 2.24) is 30.9 Å². The fourth-order valence-electron chi connectivity index (χ4n) is 8.83. The Morgan fingerprint density at radius 1 is 0.819 bits per heavy atom. The minimum atomic E-state index is -0.809. The predicted octanol–water partition coefficient (Wildman–Crippen LogP) is 6.26. The average Bonchev–Trinajstić information content (AvgIpc) is 4.11. The van der Waals surface area contributed by atoms with E-state index in [0.717, 1.165) is 74.6 Å². The molecule has 0 unspecified atom stereocenters. The van der Waals surface area contributed by atoms with Crippen LogP contribution in [0.2, 0.25) is 0 Å². The summed E-state index contributed by atoms with van der Waals surface area (Å²) in [5.74, 6) is 0.554. The van der Waals surface area contributed by atoms with Crippen LogP contribution in [0.4, 0.5) is 4.39 Å². The molecule has 1 heterocycles. The van der Waals surface area contributed by atoms with E-state index < -0.39 is 17.4 Å². The molecule has 4 aromatic rings. The second-order valence-electron chi connectivity index (χ2n) is 19.9. The Labute approximate surface area is 424 Å². The summed E-state index contributed by atoms with van der Waals surface area (Å²) in [6.07, 6.45) is 11.7. The number of nitrogens with one attached hydrogen (secondary N) is 3. The van der Waals surface area contributed by atoms with Crippen LogP contribution in [0.15, 0.2) is 66.9 Å². The minimum Gasteiger partial charge on any atom is -0.497 e. The maximum absolute atomic E-state index is 15.5. The molecular weight excluding hydrogens is 922 g/mol. The summed E-state index contributed by atoms with van der Waals surface area (Å²) in [5, 5.41) is 27.0. The lowest BCUT2D eigenvalue weighted by atomic mass is 9.91. The zero-order valence-electron chi connectivity index (χ0n) is 42.9. The van der Waals surface area contributed by atoms with Gasteiger partial charge in [0.15, 0.2) is 0 Å². The Morgan fingerprint density at radius 3 is 2.15 bits per heavy atom. The van der Waals surface area contributed by atoms with Gasteiger partial charge in [0.25, 0.3) is 0 Å². The van der Waals surface area contributed by atoms with Crippen LogP contribution in [0, 0.1) is 11.7 Å². The topological polar surface area (TPSA) is 235 Å². The molecule has 0 bridgehead atoms. The third-order valence-corrected chi connectivity index (χ3v) is 13.1. The molecule has 1 aliphatic carbocycles. The number of aromatic nitrogens is 3. The van der Waals surface area contributed by atoms with Gasteiger partial charge >= 0.3 is 5.97 Å². The van der Waals surface area contributed by atoms with Crippen LogP contribution in [0.5, 0.6) is 17.2 Å². The van der Waals surface area contributed by atoms with Crippen molar-refractivity contribution in [3.8, 4) is 28.4 Å². The quantitative estimate of drug-likeness (QED) is 0.0221. The molecule has 3 amide bonds. The summed E-state index contributed by atoms with van der Waals surface area (Å²) in [6, 6.07) is 17.8. The number of carboxylic acid groups (broad SMARTS) is 1. The van der Waals surface area contributed by atoms with Gasteiger partial charge in [0.05, 0.1) is 71.8 Å². The number of amides is 3. The number of aryl methyl sites for hydroxylation is 1. The van der Waals surface area contributed by atoms with Crippen LogP contribution in [-0.4, -0.2) is 120 Å². The summed E-state index contributed by atoms with van der Waals surface area (Å²) in [6.45, 7) is 8.17. The first-order valence-electron chi connectivity index (χ1n) is 25.6. The molecule has 0 spiro atoms. The van der Waals surface area contributed by atoms with Crippen molar-refractivity contribution in [3.63, 3.8) is 0 Å². The Hall–Kier alpha value is -6.11. The van der Waals surface area contributed by atoms with Crippen LogP contribution >= 0.6 is 0 Å². The van der Waals surface area contributed by atoms with Gasteiger partial charge < -0.3 is 51.2 Å². The van der Waals surface area contributed by atoms with E-state index in [2.05, 4.69) is 26.3 Å². The molecule has 5 rings (SSSR count). The molecule has 8 N–H and O–H groups in total. The van der Waals surface area contributed by atoms with Gasteiger partial charge in [0.1, 0.15) is 35.3 Å². The summed E-state index contributed by atoms with van der Waals surface area (Å²) < 4.78 is 36.1. The Bertz CT molecular complexity index is 2330. The molecule has 1 fully saturated rings. The highest BCUT2D eigenvalue weighted by atomic mass is 19.1. The number of aliphatic carboxylic acids is 1. The summed E-state index contributed by atoms with van der Waals surface area (Å²) in [4.78, 5) is 48.9. The maximum atomic E-state index is 15.5. The lowest BCUT2D eigenvalue weighted by Crippen LogP contribution is -2.52. The largest absolute Gasteiger partial charge is 0.497 e. The highest BCUT2D eigenvalue weighted by Crippen LogP contribution is 2.45. The number of halogens is 1. The number of carbonyl (C=O) groups is 4. The lowest BCUT2D eigenvalue weighted by molar-refractivity contribution is -0.907. The van der Waals surface area contributed by atoms with Gasteiger partial charge in [-0.25, -0.2) is 9.07 Å². The fraction of sp³-hybridized carbons (Fsp3) is 0.556. The second-order valence-corrected chi connectivity index (χ2v) is 19.9. The van der Waals surface area contributed by atoms with Gasteiger partial charge in [-0.3, -0.25) is 19.2 Å². The first-order chi connectivity index (χ1) is 34.6. The number of hydrogen-bond acceptors (Lipinski definition) is 11. The van der Waals surface area contributed by atoms with Gasteiger partial charge in [-0.1, -0.05) is 55.2 Å². The number of carbonyl (C=O) groups excluding carboxylic acids is 3. The minimum absolute atomic E-state index is 0.00104. The van der Waals surface area contributed by atoms with Gasteiger partial charge in [-0.05, 0) is 105 Å². The molecule has 17 nitrogen and oxygen atoms in total. The van der Waals surface area contributed by atoms with E-state index in [0.29, 0.717) is 117 Å². The molecule has 394 valence electrons. The Kier molecular flexibility index (Phi) is 22.7. The van der Waals surface area contributed by atoms with Crippen molar-refractivity contribution in [1.29, 1.82) is 0 Å². The molecule has 0 saturated heterocycles. The van der Waals surface area contributed by atoms with E-state index in [4.69, 9.17) is 25.7 Å². The van der Waals surface area contributed by atoms with E-state index in [1.165, 1.54) is 13.2 Å². The number of ether oxygens (including phenoxy) is 3. The lowest BCUT2D eigenvalue weighted by Gasteiger charge is -2.34. The summed E-state index contributed by atoms with van der Waals surface area (Å²) in [7, 11) is 3.54. The van der Waals surface area contributed by atoms with Crippen molar-refractivity contribution in [2.45, 2.75) is 122 Å². The number of rotatable bonds is 35. The summed E-state index contributed by atoms with van der Waals surface area (Å²) in [5.41, 5.74) is 13.8. The third-order valence-electron chi connectivity index (χ3n) is 13.1. The van der Waals surface area contributed by atoms with Crippen LogP contribution in [0.25, 0.3) is 11.1 Å².